The molecule has 0 radical (unpaired) electrons. The maximum atomic E-state index is 11.6. The second-order valence-corrected chi connectivity index (χ2v) is 8.65. The molecule has 2 unspecified atom stereocenters. The van der Waals surface area contributed by atoms with Crippen LogP contribution in [0.25, 0.3) is 10.2 Å². The molecule has 6 heteroatoms. The lowest BCUT2D eigenvalue weighted by Gasteiger charge is -2.33. The summed E-state index contributed by atoms with van der Waals surface area (Å²) in [5.74, 6) is 1.04. The lowest BCUT2D eigenvalue weighted by molar-refractivity contribution is -0.131. The number of hydrogen-bond acceptors (Lipinski definition) is 5. The van der Waals surface area contributed by atoms with Crippen molar-refractivity contribution in [3.63, 3.8) is 0 Å². The SMILES string of the molecule is CC(=O)N1CC2CC1CN2CCc1ccc(Oc2nc3ccccc3s2)cc1. The molecular weight excluding hydrogens is 370 g/mol. The fourth-order valence-corrected chi connectivity index (χ4v) is 5.24. The number of nitrogens with zero attached hydrogens (tertiary/aromatic N) is 3. The normalized spacial score (nSPS) is 21.5. The molecule has 5 nitrogen and oxygen atoms in total. The molecule has 3 aromatic rings. The number of amides is 1. The molecule has 1 aromatic heterocycles. The van der Waals surface area contributed by atoms with Gasteiger partial charge in [0.1, 0.15) is 5.75 Å². The van der Waals surface area contributed by atoms with Crippen molar-refractivity contribution in [3.05, 3.63) is 54.1 Å². The smallest absolute Gasteiger partial charge is 0.279 e. The quantitative estimate of drug-likeness (QED) is 0.659. The average molecular weight is 394 g/mol. The molecule has 2 saturated heterocycles. The number of fused-ring (bicyclic) bond motifs is 3. The second kappa shape index (κ2) is 7.18. The van der Waals surface area contributed by atoms with Gasteiger partial charge in [0.05, 0.1) is 10.2 Å². The highest BCUT2D eigenvalue weighted by Crippen LogP contribution is 2.32. The van der Waals surface area contributed by atoms with Gasteiger partial charge in [-0.15, -0.1) is 0 Å². The van der Waals surface area contributed by atoms with Crippen LogP contribution in [0.5, 0.6) is 10.9 Å². The fourth-order valence-electron chi connectivity index (χ4n) is 4.40. The van der Waals surface area contributed by atoms with Gasteiger partial charge in [-0.25, -0.2) is 4.98 Å². The van der Waals surface area contributed by atoms with Crippen LogP contribution in [0.3, 0.4) is 0 Å². The Hall–Kier alpha value is -2.44. The standard InChI is InChI=1S/C22H23N3O2S/c1-15(26)25-14-17-12-18(25)13-24(17)11-10-16-6-8-19(9-7-16)27-22-23-20-4-2-3-5-21(20)28-22/h2-9,17-18H,10-14H2,1H3. The van der Waals surface area contributed by atoms with Gasteiger partial charge in [-0.3, -0.25) is 9.69 Å². The zero-order chi connectivity index (χ0) is 19.1. The van der Waals surface area contributed by atoms with Crippen molar-refractivity contribution in [2.24, 2.45) is 0 Å². The molecule has 2 atom stereocenters. The molecule has 0 N–H and O–H groups in total. The Morgan fingerprint density at radius 3 is 2.68 bits per heavy atom. The van der Waals surface area contributed by atoms with Crippen molar-refractivity contribution in [1.82, 2.24) is 14.8 Å². The molecule has 2 aliphatic heterocycles. The molecule has 2 fully saturated rings. The van der Waals surface area contributed by atoms with Crippen LogP contribution in [0.2, 0.25) is 0 Å². The number of benzene rings is 2. The summed E-state index contributed by atoms with van der Waals surface area (Å²) >= 11 is 1.56. The van der Waals surface area contributed by atoms with Crippen molar-refractivity contribution < 1.29 is 9.53 Å². The zero-order valence-electron chi connectivity index (χ0n) is 15.9. The van der Waals surface area contributed by atoms with Gasteiger partial charge in [-0.05, 0) is 42.7 Å². The number of piperazine rings is 1. The van der Waals surface area contributed by atoms with Gasteiger partial charge in [0.25, 0.3) is 5.19 Å². The third-order valence-corrected chi connectivity index (χ3v) is 6.76. The Morgan fingerprint density at radius 2 is 1.96 bits per heavy atom. The molecule has 3 heterocycles. The van der Waals surface area contributed by atoms with E-state index in [0.29, 0.717) is 17.3 Å². The fraction of sp³-hybridized carbons (Fsp3) is 0.364. The van der Waals surface area contributed by atoms with Crippen molar-refractivity contribution in [2.45, 2.75) is 31.8 Å². The number of para-hydroxylation sites is 1. The number of aromatic nitrogens is 1. The number of carbonyl (C=O) groups excluding carboxylic acids is 1. The van der Waals surface area contributed by atoms with E-state index in [1.807, 2.05) is 35.2 Å². The first-order valence-electron chi connectivity index (χ1n) is 9.79. The molecule has 0 spiro atoms. The maximum absolute atomic E-state index is 11.6. The van der Waals surface area contributed by atoms with Gasteiger partial charge in [0, 0.05) is 38.6 Å². The summed E-state index contributed by atoms with van der Waals surface area (Å²) in [5, 5.41) is 0.678. The Labute approximate surface area is 168 Å². The maximum Gasteiger partial charge on any atom is 0.279 e. The summed E-state index contributed by atoms with van der Waals surface area (Å²) in [6, 6.07) is 17.4. The summed E-state index contributed by atoms with van der Waals surface area (Å²) < 4.78 is 7.07. The van der Waals surface area contributed by atoms with Crippen LogP contribution in [0.4, 0.5) is 0 Å². The molecule has 0 aliphatic carbocycles. The van der Waals surface area contributed by atoms with Crippen LogP contribution < -0.4 is 4.74 Å². The average Bonchev–Trinajstić information content (AvgIpc) is 3.40. The summed E-state index contributed by atoms with van der Waals surface area (Å²) in [6.45, 7) is 4.64. The van der Waals surface area contributed by atoms with Crippen LogP contribution in [0.15, 0.2) is 48.5 Å². The van der Waals surface area contributed by atoms with Crippen molar-refractivity contribution in [2.75, 3.05) is 19.6 Å². The summed E-state index contributed by atoms with van der Waals surface area (Å²) in [6.07, 6.45) is 2.15. The highest BCUT2D eigenvalue weighted by molar-refractivity contribution is 7.20. The van der Waals surface area contributed by atoms with Crippen LogP contribution in [-0.2, 0) is 11.2 Å². The van der Waals surface area contributed by atoms with E-state index < -0.39 is 0 Å². The first-order valence-corrected chi connectivity index (χ1v) is 10.6. The third-order valence-electron chi connectivity index (χ3n) is 5.85. The third kappa shape index (κ3) is 3.38. The molecule has 2 aliphatic rings. The number of rotatable bonds is 5. The van der Waals surface area contributed by atoms with E-state index in [9.17, 15) is 4.79 Å². The van der Waals surface area contributed by atoms with Gasteiger partial charge in [-0.1, -0.05) is 35.6 Å². The van der Waals surface area contributed by atoms with E-state index >= 15 is 0 Å². The van der Waals surface area contributed by atoms with Crippen molar-refractivity contribution in [3.8, 4) is 10.9 Å². The topological polar surface area (TPSA) is 45.7 Å². The highest BCUT2D eigenvalue weighted by Gasteiger charge is 2.43. The van der Waals surface area contributed by atoms with Gasteiger partial charge < -0.3 is 9.64 Å². The minimum absolute atomic E-state index is 0.218. The molecule has 0 saturated carbocycles. The van der Waals surface area contributed by atoms with Gasteiger partial charge in [-0.2, -0.15) is 0 Å². The predicted molar refractivity (Wildman–Crippen MR) is 111 cm³/mol. The number of hydrogen-bond donors (Lipinski definition) is 0. The second-order valence-electron chi connectivity index (χ2n) is 7.65. The first kappa shape index (κ1) is 17.6. The van der Waals surface area contributed by atoms with E-state index in [-0.39, 0.29) is 5.91 Å². The van der Waals surface area contributed by atoms with E-state index in [1.54, 1.807) is 18.3 Å². The Morgan fingerprint density at radius 1 is 1.14 bits per heavy atom. The molecule has 144 valence electrons. The molecule has 2 bridgehead atoms. The molecular formula is C22H23N3O2S. The Kier molecular flexibility index (Phi) is 4.53. The van der Waals surface area contributed by atoms with Crippen LogP contribution in [0.1, 0.15) is 18.9 Å². The largest absolute Gasteiger partial charge is 0.431 e. The molecule has 5 rings (SSSR count). The molecule has 28 heavy (non-hydrogen) atoms. The molecule has 1 amide bonds. The number of thiazole rings is 1. The minimum Gasteiger partial charge on any atom is -0.431 e. The Bertz CT molecular complexity index is 967. The number of carbonyl (C=O) groups is 1. The van der Waals surface area contributed by atoms with Gasteiger partial charge in [0.15, 0.2) is 0 Å². The van der Waals surface area contributed by atoms with Gasteiger partial charge in [0.2, 0.25) is 5.91 Å². The van der Waals surface area contributed by atoms with Crippen LogP contribution >= 0.6 is 11.3 Å². The van der Waals surface area contributed by atoms with E-state index in [1.165, 1.54) is 5.56 Å². The number of likely N-dealkylation sites (tertiary alicyclic amines) is 2. The van der Waals surface area contributed by atoms with Crippen molar-refractivity contribution in [1.29, 1.82) is 0 Å². The summed E-state index contributed by atoms with van der Waals surface area (Å²) in [4.78, 5) is 20.7. The lowest BCUT2D eigenvalue weighted by Crippen LogP contribution is -2.48. The Balaban J connectivity index is 1.17. The predicted octanol–water partition coefficient (Wildman–Crippen LogP) is 3.94. The molecule has 2 aromatic carbocycles. The monoisotopic (exact) mass is 393 g/mol. The van der Waals surface area contributed by atoms with E-state index in [4.69, 9.17) is 4.74 Å². The van der Waals surface area contributed by atoms with Crippen molar-refractivity contribution >= 4 is 27.5 Å². The first-order chi connectivity index (χ1) is 13.7. The summed E-state index contributed by atoms with van der Waals surface area (Å²) in [7, 11) is 0. The van der Waals surface area contributed by atoms with E-state index in [0.717, 1.165) is 48.4 Å². The minimum atomic E-state index is 0.218. The van der Waals surface area contributed by atoms with Crippen LogP contribution in [0, 0.1) is 0 Å². The number of ether oxygens (including phenoxy) is 1. The zero-order valence-corrected chi connectivity index (χ0v) is 16.7. The lowest BCUT2D eigenvalue weighted by atomic mass is 10.1. The van der Waals surface area contributed by atoms with Crippen LogP contribution in [-0.4, -0.2) is 52.4 Å². The van der Waals surface area contributed by atoms with Gasteiger partial charge >= 0.3 is 0 Å². The summed E-state index contributed by atoms with van der Waals surface area (Å²) in [5.41, 5.74) is 2.28. The highest BCUT2D eigenvalue weighted by atomic mass is 32.1. The van der Waals surface area contributed by atoms with E-state index in [2.05, 4.69) is 28.1 Å².